The minimum absolute atomic E-state index is 0.0319. The Morgan fingerprint density at radius 3 is 1.92 bits per heavy atom. The fraction of sp³-hybridized carbons (Fsp3) is 0.0323. The normalized spacial score (nSPS) is 10.6. The molecule has 180 valence electrons. The van der Waals surface area contributed by atoms with Crippen molar-refractivity contribution in [3.05, 3.63) is 138 Å². The van der Waals surface area contributed by atoms with Crippen LogP contribution in [0.1, 0.15) is 31.8 Å². The number of nitrogen functional groups attached to an aromatic ring is 1. The van der Waals surface area contributed by atoms with Crippen LogP contribution in [-0.2, 0) is 0 Å². The summed E-state index contributed by atoms with van der Waals surface area (Å²) < 4.78 is 5.01. The van der Waals surface area contributed by atoms with E-state index in [-0.39, 0.29) is 17.3 Å². The zero-order chi connectivity index (χ0) is 25.8. The SMILES string of the molecule is COc1cc(/C=C/C(=O)c2cccc(N)c2)ccc1O.O=C(C=Cc1ccccc1)c1ccccc1. The molecule has 0 bridgehead atoms. The molecule has 0 fully saturated rings. The molecule has 0 atom stereocenters. The molecule has 4 aromatic carbocycles. The topological polar surface area (TPSA) is 89.6 Å². The van der Waals surface area contributed by atoms with Crippen molar-refractivity contribution < 1.29 is 19.4 Å². The number of methoxy groups -OCH3 is 1. The Morgan fingerprint density at radius 2 is 1.28 bits per heavy atom. The minimum Gasteiger partial charge on any atom is -0.504 e. The van der Waals surface area contributed by atoms with E-state index < -0.39 is 0 Å². The summed E-state index contributed by atoms with van der Waals surface area (Å²) in [5.74, 6) is 0.323. The van der Waals surface area contributed by atoms with Crippen LogP contribution in [0, 0.1) is 0 Å². The zero-order valence-electron chi connectivity index (χ0n) is 19.9. The molecule has 3 N–H and O–H groups in total. The molecule has 0 spiro atoms. The molecule has 0 radical (unpaired) electrons. The zero-order valence-corrected chi connectivity index (χ0v) is 19.9. The number of benzene rings is 4. The second-order valence-corrected chi connectivity index (χ2v) is 7.73. The molecule has 4 rings (SSSR count). The summed E-state index contributed by atoms with van der Waals surface area (Å²) in [4.78, 5) is 23.7. The number of carbonyl (C=O) groups excluding carboxylic acids is 2. The summed E-state index contributed by atoms with van der Waals surface area (Å²) in [6.07, 6.45) is 6.55. The van der Waals surface area contributed by atoms with Gasteiger partial charge in [-0.2, -0.15) is 0 Å². The molecule has 0 aliphatic carbocycles. The molecule has 5 heteroatoms. The number of ether oxygens (including phenoxy) is 1. The molecule has 0 amide bonds. The average molecular weight is 478 g/mol. The molecule has 0 saturated carbocycles. The first-order valence-electron chi connectivity index (χ1n) is 11.2. The highest BCUT2D eigenvalue weighted by Gasteiger charge is 2.04. The van der Waals surface area contributed by atoms with Crippen molar-refractivity contribution in [2.24, 2.45) is 0 Å². The second kappa shape index (κ2) is 13.1. The Hall–Kier alpha value is -4.90. The highest BCUT2D eigenvalue weighted by Crippen LogP contribution is 2.26. The molecule has 0 aliphatic rings. The fourth-order valence-electron chi connectivity index (χ4n) is 3.19. The number of hydrogen-bond donors (Lipinski definition) is 2. The van der Waals surface area contributed by atoms with Crippen LogP contribution >= 0.6 is 0 Å². The second-order valence-electron chi connectivity index (χ2n) is 7.73. The third-order valence-electron chi connectivity index (χ3n) is 5.09. The van der Waals surface area contributed by atoms with Gasteiger partial charge in [-0.15, -0.1) is 0 Å². The molecular weight excluding hydrogens is 450 g/mol. The predicted octanol–water partition coefficient (Wildman–Crippen LogP) is 6.46. The number of hydrogen-bond acceptors (Lipinski definition) is 5. The van der Waals surface area contributed by atoms with Gasteiger partial charge in [0.25, 0.3) is 0 Å². The lowest BCUT2D eigenvalue weighted by Gasteiger charge is -2.03. The fourth-order valence-corrected chi connectivity index (χ4v) is 3.19. The highest BCUT2D eigenvalue weighted by atomic mass is 16.5. The van der Waals surface area contributed by atoms with E-state index in [1.54, 1.807) is 48.6 Å². The lowest BCUT2D eigenvalue weighted by molar-refractivity contribution is 0.104. The number of phenolic OH excluding ortho intramolecular Hbond substituents is 1. The van der Waals surface area contributed by atoms with E-state index in [9.17, 15) is 14.7 Å². The van der Waals surface area contributed by atoms with Crippen molar-refractivity contribution in [1.82, 2.24) is 0 Å². The van der Waals surface area contributed by atoms with Crippen LogP contribution in [0.5, 0.6) is 11.5 Å². The Balaban J connectivity index is 0.000000205. The Labute approximate surface area is 210 Å². The number of anilines is 1. The maximum absolute atomic E-state index is 12.0. The maximum atomic E-state index is 12.0. The molecule has 0 aliphatic heterocycles. The highest BCUT2D eigenvalue weighted by molar-refractivity contribution is 6.07. The van der Waals surface area contributed by atoms with Gasteiger partial charge in [0.1, 0.15) is 0 Å². The van der Waals surface area contributed by atoms with Crippen molar-refractivity contribution in [1.29, 1.82) is 0 Å². The van der Waals surface area contributed by atoms with Gasteiger partial charge in [0.15, 0.2) is 23.1 Å². The van der Waals surface area contributed by atoms with Crippen LogP contribution in [0.15, 0.2) is 115 Å². The number of ketones is 2. The summed E-state index contributed by atoms with van der Waals surface area (Å²) in [5, 5.41) is 9.49. The van der Waals surface area contributed by atoms with Gasteiger partial charge in [-0.3, -0.25) is 9.59 Å². The van der Waals surface area contributed by atoms with Crippen LogP contribution in [0.2, 0.25) is 0 Å². The monoisotopic (exact) mass is 477 g/mol. The van der Waals surface area contributed by atoms with Crippen LogP contribution in [0.3, 0.4) is 0 Å². The van der Waals surface area contributed by atoms with Gasteiger partial charge >= 0.3 is 0 Å². The van der Waals surface area contributed by atoms with Gasteiger partial charge in [-0.25, -0.2) is 0 Å². The van der Waals surface area contributed by atoms with Gasteiger partial charge in [0, 0.05) is 16.8 Å². The van der Waals surface area contributed by atoms with Gasteiger partial charge in [-0.05, 0) is 47.5 Å². The first-order valence-corrected chi connectivity index (χ1v) is 11.2. The Morgan fingerprint density at radius 1 is 0.694 bits per heavy atom. The molecule has 5 nitrogen and oxygen atoms in total. The van der Waals surface area contributed by atoms with E-state index in [4.69, 9.17) is 10.5 Å². The largest absolute Gasteiger partial charge is 0.504 e. The summed E-state index contributed by atoms with van der Waals surface area (Å²) in [7, 11) is 1.47. The summed E-state index contributed by atoms with van der Waals surface area (Å²) >= 11 is 0. The number of aromatic hydroxyl groups is 1. The first-order chi connectivity index (χ1) is 17.5. The molecule has 4 aromatic rings. The number of nitrogens with two attached hydrogens (primary N) is 1. The molecule has 0 heterocycles. The van der Waals surface area contributed by atoms with E-state index in [0.717, 1.165) is 16.7 Å². The number of rotatable bonds is 7. The number of carbonyl (C=O) groups is 2. The van der Waals surface area contributed by atoms with Gasteiger partial charge < -0.3 is 15.6 Å². The van der Waals surface area contributed by atoms with Crippen LogP contribution in [0.4, 0.5) is 5.69 Å². The lowest BCUT2D eigenvalue weighted by atomic mass is 10.1. The third kappa shape index (κ3) is 7.85. The summed E-state index contributed by atoms with van der Waals surface area (Å²) in [6, 6.07) is 30.7. The maximum Gasteiger partial charge on any atom is 0.185 e. The van der Waals surface area contributed by atoms with Gasteiger partial charge in [0.05, 0.1) is 7.11 Å². The molecule has 36 heavy (non-hydrogen) atoms. The van der Waals surface area contributed by atoms with Gasteiger partial charge in [-0.1, -0.05) is 91.0 Å². The van der Waals surface area contributed by atoms with Crippen molar-refractivity contribution in [3.8, 4) is 11.5 Å². The number of phenols is 1. The third-order valence-corrected chi connectivity index (χ3v) is 5.09. The molecule has 0 aromatic heterocycles. The Bertz CT molecular complexity index is 1360. The van der Waals surface area contributed by atoms with Crippen LogP contribution in [-0.4, -0.2) is 23.8 Å². The molecular formula is C31H27NO4. The Kier molecular flexibility index (Phi) is 9.36. The van der Waals surface area contributed by atoms with Crippen molar-refractivity contribution in [3.63, 3.8) is 0 Å². The van der Waals surface area contributed by atoms with E-state index in [2.05, 4.69) is 0 Å². The summed E-state index contributed by atoms with van der Waals surface area (Å²) in [5.41, 5.74) is 9.24. The van der Waals surface area contributed by atoms with E-state index in [0.29, 0.717) is 17.0 Å². The van der Waals surface area contributed by atoms with E-state index in [1.165, 1.54) is 19.3 Å². The summed E-state index contributed by atoms with van der Waals surface area (Å²) in [6.45, 7) is 0. The standard InChI is InChI=1S/C16H15NO3.C15H12O/c1-20-16-9-11(6-8-15(16)19)5-7-14(18)12-3-2-4-13(17)10-12;16-15(14-9-5-2-6-10-14)12-11-13-7-3-1-4-8-13/h2-10,19H,17H2,1H3;1-12H/b7-5+;. The first kappa shape index (κ1) is 25.7. The van der Waals surface area contributed by atoms with Crippen molar-refractivity contribution >= 4 is 29.4 Å². The lowest BCUT2D eigenvalue weighted by Crippen LogP contribution is -1.95. The van der Waals surface area contributed by atoms with Crippen molar-refractivity contribution in [2.75, 3.05) is 12.8 Å². The van der Waals surface area contributed by atoms with Crippen LogP contribution in [0.25, 0.3) is 12.2 Å². The molecule has 0 unspecified atom stereocenters. The minimum atomic E-state index is -0.135. The number of allylic oxidation sites excluding steroid dienone is 2. The van der Waals surface area contributed by atoms with E-state index >= 15 is 0 Å². The van der Waals surface area contributed by atoms with Crippen LogP contribution < -0.4 is 10.5 Å². The van der Waals surface area contributed by atoms with Gasteiger partial charge in [0.2, 0.25) is 0 Å². The smallest absolute Gasteiger partial charge is 0.185 e. The predicted molar refractivity (Wildman–Crippen MR) is 145 cm³/mol. The molecule has 0 saturated heterocycles. The van der Waals surface area contributed by atoms with E-state index in [1.807, 2.05) is 66.7 Å². The average Bonchev–Trinajstić information content (AvgIpc) is 2.92. The quantitative estimate of drug-likeness (QED) is 0.181. The van der Waals surface area contributed by atoms with Crippen molar-refractivity contribution in [2.45, 2.75) is 0 Å².